The van der Waals surface area contributed by atoms with Crippen LogP contribution in [0.15, 0.2) is 12.1 Å². The van der Waals surface area contributed by atoms with Crippen molar-refractivity contribution < 1.29 is 9.53 Å². The van der Waals surface area contributed by atoms with E-state index in [1.807, 2.05) is 6.92 Å². The average molecular weight is 229 g/mol. The van der Waals surface area contributed by atoms with Crippen LogP contribution in [0.2, 0.25) is 5.15 Å². The molecule has 82 valence electrons. The van der Waals surface area contributed by atoms with Crippen LogP contribution in [0, 0.1) is 0 Å². The Balaban J connectivity index is 2.83. The molecule has 0 unspecified atom stereocenters. The molecule has 0 atom stereocenters. The van der Waals surface area contributed by atoms with Gasteiger partial charge in [0.15, 0.2) is 0 Å². The standard InChI is InChI=1S/C10H13ClN2O2/c1-3-4-12-10(14)7-5-8(11)13-9(6-7)15-2/h5-6H,3-4H2,1-2H3,(H,12,14). The first-order valence-electron chi connectivity index (χ1n) is 4.67. The molecule has 0 saturated carbocycles. The minimum absolute atomic E-state index is 0.167. The molecule has 0 bridgehead atoms. The van der Waals surface area contributed by atoms with Crippen LogP contribution in [0.3, 0.4) is 0 Å². The largest absolute Gasteiger partial charge is 0.481 e. The molecular formula is C10H13ClN2O2. The molecular weight excluding hydrogens is 216 g/mol. The maximum Gasteiger partial charge on any atom is 0.251 e. The van der Waals surface area contributed by atoms with Crippen molar-refractivity contribution in [2.45, 2.75) is 13.3 Å². The zero-order valence-electron chi connectivity index (χ0n) is 8.71. The molecule has 1 aromatic rings. The summed E-state index contributed by atoms with van der Waals surface area (Å²) >= 11 is 5.74. The highest BCUT2D eigenvalue weighted by atomic mass is 35.5. The lowest BCUT2D eigenvalue weighted by atomic mass is 10.2. The second-order valence-electron chi connectivity index (χ2n) is 2.98. The summed E-state index contributed by atoms with van der Waals surface area (Å²) in [5.41, 5.74) is 0.459. The predicted molar refractivity (Wildman–Crippen MR) is 58.4 cm³/mol. The lowest BCUT2D eigenvalue weighted by Crippen LogP contribution is -2.24. The molecule has 1 rings (SSSR count). The number of nitrogens with one attached hydrogen (secondary N) is 1. The lowest BCUT2D eigenvalue weighted by molar-refractivity contribution is 0.0953. The molecule has 1 amide bonds. The Morgan fingerprint density at radius 3 is 2.93 bits per heavy atom. The molecule has 0 spiro atoms. The molecule has 0 fully saturated rings. The van der Waals surface area contributed by atoms with E-state index < -0.39 is 0 Å². The van der Waals surface area contributed by atoms with Crippen LogP contribution in [-0.4, -0.2) is 24.5 Å². The number of nitrogens with zero attached hydrogens (tertiary/aromatic N) is 1. The van der Waals surface area contributed by atoms with Gasteiger partial charge in [-0.15, -0.1) is 0 Å². The van der Waals surface area contributed by atoms with E-state index in [1.54, 1.807) is 6.07 Å². The van der Waals surface area contributed by atoms with Crippen LogP contribution in [0.4, 0.5) is 0 Å². The van der Waals surface area contributed by atoms with Gasteiger partial charge >= 0.3 is 0 Å². The van der Waals surface area contributed by atoms with Gasteiger partial charge in [0.2, 0.25) is 5.88 Å². The first kappa shape index (κ1) is 11.8. The van der Waals surface area contributed by atoms with Gasteiger partial charge in [0, 0.05) is 18.2 Å². The molecule has 0 aliphatic carbocycles. The number of hydrogen-bond acceptors (Lipinski definition) is 3. The Kier molecular flexibility index (Phi) is 4.37. The van der Waals surface area contributed by atoms with Crippen LogP contribution in [0.5, 0.6) is 5.88 Å². The third kappa shape index (κ3) is 3.40. The summed E-state index contributed by atoms with van der Waals surface area (Å²) < 4.78 is 4.91. The lowest BCUT2D eigenvalue weighted by Gasteiger charge is -2.05. The molecule has 0 aliphatic rings. The highest BCUT2D eigenvalue weighted by molar-refractivity contribution is 6.29. The summed E-state index contributed by atoms with van der Waals surface area (Å²) in [6.07, 6.45) is 0.891. The quantitative estimate of drug-likeness (QED) is 0.801. The maximum absolute atomic E-state index is 11.6. The Bertz CT molecular complexity index is 355. The van der Waals surface area contributed by atoms with Crippen molar-refractivity contribution in [1.82, 2.24) is 10.3 Å². The third-order valence-corrected chi connectivity index (χ3v) is 1.97. The molecule has 0 radical (unpaired) electrons. The summed E-state index contributed by atoms with van der Waals surface area (Å²) in [4.78, 5) is 15.4. The van der Waals surface area contributed by atoms with Crippen molar-refractivity contribution in [3.05, 3.63) is 22.8 Å². The second-order valence-corrected chi connectivity index (χ2v) is 3.36. The van der Waals surface area contributed by atoms with Gasteiger partial charge in [-0.2, -0.15) is 0 Å². The van der Waals surface area contributed by atoms with E-state index in [0.29, 0.717) is 18.0 Å². The van der Waals surface area contributed by atoms with Crippen molar-refractivity contribution in [1.29, 1.82) is 0 Å². The fourth-order valence-electron chi connectivity index (χ4n) is 1.05. The van der Waals surface area contributed by atoms with Crippen LogP contribution in [-0.2, 0) is 0 Å². The van der Waals surface area contributed by atoms with Crippen molar-refractivity contribution in [2.24, 2.45) is 0 Å². The number of ether oxygens (including phenoxy) is 1. The van der Waals surface area contributed by atoms with Crippen molar-refractivity contribution in [2.75, 3.05) is 13.7 Å². The van der Waals surface area contributed by atoms with E-state index in [9.17, 15) is 4.79 Å². The molecule has 1 N–H and O–H groups in total. The van der Waals surface area contributed by atoms with E-state index in [4.69, 9.17) is 16.3 Å². The number of methoxy groups -OCH3 is 1. The van der Waals surface area contributed by atoms with Crippen molar-refractivity contribution >= 4 is 17.5 Å². The van der Waals surface area contributed by atoms with Crippen molar-refractivity contribution in [3.63, 3.8) is 0 Å². The Morgan fingerprint density at radius 1 is 1.60 bits per heavy atom. The highest BCUT2D eigenvalue weighted by Crippen LogP contribution is 2.15. The first-order valence-corrected chi connectivity index (χ1v) is 5.05. The number of halogens is 1. The highest BCUT2D eigenvalue weighted by Gasteiger charge is 2.08. The summed E-state index contributed by atoms with van der Waals surface area (Å²) in [6, 6.07) is 3.06. The molecule has 0 aliphatic heterocycles. The maximum atomic E-state index is 11.6. The van der Waals surface area contributed by atoms with Gasteiger partial charge in [-0.05, 0) is 12.5 Å². The van der Waals surface area contributed by atoms with Gasteiger partial charge in [0.25, 0.3) is 5.91 Å². The Labute approximate surface area is 93.6 Å². The summed E-state index contributed by atoms with van der Waals surface area (Å²) in [5.74, 6) is 0.170. The number of carbonyl (C=O) groups excluding carboxylic acids is 1. The van der Waals surface area contributed by atoms with E-state index in [2.05, 4.69) is 10.3 Å². The SMILES string of the molecule is CCCNC(=O)c1cc(Cl)nc(OC)c1. The van der Waals surface area contributed by atoms with Gasteiger partial charge < -0.3 is 10.1 Å². The number of rotatable bonds is 4. The van der Waals surface area contributed by atoms with Gasteiger partial charge in [-0.3, -0.25) is 4.79 Å². The first-order chi connectivity index (χ1) is 7.17. The smallest absolute Gasteiger partial charge is 0.251 e. The van der Waals surface area contributed by atoms with E-state index >= 15 is 0 Å². The predicted octanol–water partition coefficient (Wildman–Crippen LogP) is 1.88. The van der Waals surface area contributed by atoms with E-state index in [1.165, 1.54) is 13.2 Å². The monoisotopic (exact) mass is 228 g/mol. The van der Waals surface area contributed by atoms with Crippen LogP contribution in [0.1, 0.15) is 23.7 Å². The fourth-order valence-corrected chi connectivity index (χ4v) is 1.25. The number of aromatic nitrogens is 1. The zero-order chi connectivity index (χ0) is 11.3. The molecule has 0 aromatic carbocycles. The van der Waals surface area contributed by atoms with Crippen molar-refractivity contribution in [3.8, 4) is 5.88 Å². The minimum atomic E-state index is -0.167. The second kappa shape index (κ2) is 5.56. The van der Waals surface area contributed by atoms with Gasteiger partial charge in [-0.1, -0.05) is 18.5 Å². The Morgan fingerprint density at radius 2 is 2.33 bits per heavy atom. The number of hydrogen-bond donors (Lipinski definition) is 1. The molecule has 15 heavy (non-hydrogen) atoms. The Hall–Kier alpha value is -1.29. The van der Waals surface area contributed by atoms with Crippen LogP contribution >= 0.6 is 11.6 Å². The molecule has 0 saturated heterocycles. The number of pyridine rings is 1. The summed E-state index contributed by atoms with van der Waals surface area (Å²) in [7, 11) is 1.48. The fraction of sp³-hybridized carbons (Fsp3) is 0.400. The summed E-state index contributed by atoms with van der Waals surface area (Å²) in [6.45, 7) is 2.63. The zero-order valence-corrected chi connectivity index (χ0v) is 9.47. The molecule has 1 heterocycles. The average Bonchev–Trinajstić information content (AvgIpc) is 2.24. The number of amides is 1. The van der Waals surface area contributed by atoms with Gasteiger partial charge in [-0.25, -0.2) is 4.98 Å². The molecule has 5 heteroatoms. The minimum Gasteiger partial charge on any atom is -0.481 e. The van der Waals surface area contributed by atoms with Gasteiger partial charge in [0.1, 0.15) is 5.15 Å². The topological polar surface area (TPSA) is 51.2 Å². The van der Waals surface area contributed by atoms with Crippen LogP contribution in [0.25, 0.3) is 0 Å². The van der Waals surface area contributed by atoms with E-state index in [-0.39, 0.29) is 11.1 Å². The molecule has 1 aromatic heterocycles. The summed E-state index contributed by atoms with van der Waals surface area (Å²) in [5, 5.41) is 2.99. The van der Waals surface area contributed by atoms with E-state index in [0.717, 1.165) is 6.42 Å². The number of carbonyl (C=O) groups is 1. The molecule has 4 nitrogen and oxygen atoms in total. The van der Waals surface area contributed by atoms with Crippen LogP contribution < -0.4 is 10.1 Å². The third-order valence-electron chi connectivity index (χ3n) is 1.78. The van der Waals surface area contributed by atoms with Gasteiger partial charge in [0.05, 0.1) is 7.11 Å². The normalized spacial score (nSPS) is 9.80.